The van der Waals surface area contributed by atoms with E-state index in [1.807, 2.05) is 0 Å². The van der Waals surface area contributed by atoms with E-state index in [4.69, 9.17) is 5.11 Å². The lowest BCUT2D eigenvalue weighted by molar-refractivity contribution is -0.276. The number of halogens is 7. The molecule has 1 aromatic rings. The molecule has 112 valence electrons. The minimum absolute atomic E-state index is 0.314. The first-order valence-electron chi connectivity index (χ1n) is 4.64. The number of pyridine rings is 1. The first-order valence-corrected chi connectivity index (χ1v) is 5.72. The van der Waals surface area contributed by atoms with Crippen LogP contribution in [-0.4, -0.2) is 22.4 Å². The fourth-order valence-electron chi connectivity index (χ4n) is 1.20. The molecule has 20 heavy (non-hydrogen) atoms. The van der Waals surface area contributed by atoms with E-state index in [1.165, 1.54) is 22.6 Å². The molecule has 4 nitrogen and oxygen atoms in total. The van der Waals surface area contributed by atoms with Crippen molar-refractivity contribution in [3.05, 3.63) is 21.0 Å². The van der Waals surface area contributed by atoms with Crippen LogP contribution >= 0.6 is 22.6 Å². The molecule has 0 unspecified atom stereocenters. The van der Waals surface area contributed by atoms with Crippen molar-refractivity contribution in [1.82, 2.24) is 4.98 Å². The Labute approximate surface area is 120 Å². The molecule has 0 aromatic carbocycles. The Hall–Kier alpha value is -1.27. The van der Waals surface area contributed by atoms with Crippen molar-refractivity contribution in [2.24, 2.45) is 0 Å². The van der Waals surface area contributed by atoms with E-state index in [1.54, 1.807) is 0 Å². The van der Waals surface area contributed by atoms with Crippen molar-refractivity contribution in [3.63, 3.8) is 0 Å². The Bertz CT molecular complexity index is 528. The average molecular weight is 415 g/mol. The number of hydrogen-bond donors (Lipinski definition) is 1. The highest BCUT2D eigenvalue weighted by atomic mass is 127. The molecule has 0 aliphatic heterocycles. The van der Waals surface area contributed by atoms with Crippen LogP contribution in [0.15, 0.2) is 6.07 Å². The van der Waals surface area contributed by atoms with Gasteiger partial charge >= 0.3 is 18.5 Å². The predicted octanol–water partition coefficient (Wildman–Crippen LogP) is 3.23. The van der Waals surface area contributed by atoms with E-state index in [0.29, 0.717) is 6.07 Å². The van der Waals surface area contributed by atoms with E-state index in [9.17, 15) is 31.1 Å². The van der Waals surface area contributed by atoms with Crippen molar-refractivity contribution < 1.29 is 41.0 Å². The van der Waals surface area contributed by atoms with Gasteiger partial charge in [0, 0.05) is 0 Å². The molecule has 1 N–H and O–H groups in total. The third-order valence-corrected chi connectivity index (χ3v) is 2.78. The zero-order chi connectivity index (χ0) is 15.7. The van der Waals surface area contributed by atoms with Crippen LogP contribution in [0.25, 0.3) is 0 Å². The zero-order valence-corrected chi connectivity index (χ0v) is 11.3. The molecule has 0 radical (unpaired) electrons. The van der Waals surface area contributed by atoms with E-state index in [0.717, 1.165) is 0 Å². The molecule has 0 fully saturated rings. The van der Waals surface area contributed by atoms with Crippen LogP contribution in [0.2, 0.25) is 0 Å². The van der Waals surface area contributed by atoms with Crippen LogP contribution in [0.3, 0.4) is 0 Å². The van der Waals surface area contributed by atoms with Gasteiger partial charge in [0.2, 0.25) is 0 Å². The summed E-state index contributed by atoms with van der Waals surface area (Å²) in [6, 6.07) is 0.374. The second kappa shape index (κ2) is 5.61. The second-order valence-electron chi connectivity index (χ2n) is 3.40. The highest BCUT2D eigenvalue weighted by Gasteiger charge is 2.41. The molecule has 0 aliphatic carbocycles. The minimum atomic E-state index is -5.35. The molecule has 0 saturated heterocycles. The first-order chi connectivity index (χ1) is 8.90. The lowest BCUT2D eigenvalue weighted by Gasteiger charge is -2.16. The van der Waals surface area contributed by atoms with E-state index >= 15 is 0 Å². The maximum atomic E-state index is 12.6. The summed E-state index contributed by atoms with van der Waals surface area (Å²) in [4.78, 5) is 13.4. The number of carboxylic acids is 1. The molecule has 11 heteroatoms. The summed E-state index contributed by atoms with van der Waals surface area (Å²) in [5.41, 5.74) is -2.18. The molecule has 0 bridgehead atoms. The summed E-state index contributed by atoms with van der Waals surface area (Å²) in [5, 5.41) is 8.53. The summed E-state index contributed by atoms with van der Waals surface area (Å²) < 4.78 is 76.8. The normalized spacial score (nSPS) is 12.3. The lowest BCUT2D eigenvalue weighted by Crippen LogP contribution is -2.22. The molecule has 0 spiro atoms. The molecule has 0 aliphatic rings. The van der Waals surface area contributed by atoms with E-state index < -0.39 is 36.4 Å². The molecular weight excluding hydrogens is 411 g/mol. The summed E-state index contributed by atoms with van der Waals surface area (Å²) >= 11 is 1.30. The Balaban J connectivity index is 3.38. The SMILES string of the molecule is O=C(O)Cc1cc(OC(F)(F)F)c(C(F)(F)F)nc1I. The largest absolute Gasteiger partial charge is 0.573 e. The molecule has 0 atom stereocenters. The number of nitrogens with zero attached hydrogens (tertiary/aromatic N) is 1. The van der Waals surface area contributed by atoms with Gasteiger partial charge in [-0.05, 0) is 34.2 Å². The third kappa shape index (κ3) is 4.68. The van der Waals surface area contributed by atoms with Gasteiger partial charge in [0.1, 0.15) is 3.70 Å². The molecule has 0 amide bonds. The summed E-state index contributed by atoms with van der Waals surface area (Å²) in [5.74, 6) is -3.01. The van der Waals surface area contributed by atoms with Crippen molar-refractivity contribution in [2.45, 2.75) is 19.0 Å². The zero-order valence-electron chi connectivity index (χ0n) is 9.14. The van der Waals surface area contributed by atoms with Gasteiger partial charge in [-0.1, -0.05) is 0 Å². The minimum Gasteiger partial charge on any atom is -0.481 e. The van der Waals surface area contributed by atoms with E-state index in [-0.39, 0.29) is 9.26 Å². The Kier molecular flexibility index (Phi) is 4.71. The number of carbonyl (C=O) groups is 1. The number of alkyl halides is 6. The van der Waals surface area contributed by atoms with Crippen LogP contribution in [0.1, 0.15) is 11.3 Å². The fourth-order valence-corrected chi connectivity index (χ4v) is 1.79. The predicted molar refractivity (Wildman–Crippen MR) is 60.0 cm³/mol. The number of carboxylic acid groups (broad SMARTS) is 1. The van der Waals surface area contributed by atoms with Crippen molar-refractivity contribution >= 4 is 28.6 Å². The van der Waals surface area contributed by atoms with Gasteiger partial charge < -0.3 is 9.84 Å². The number of aromatic nitrogens is 1. The fraction of sp³-hybridized carbons (Fsp3) is 0.333. The van der Waals surface area contributed by atoms with Gasteiger partial charge in [-0.2, -0.15) is 13.2 Å². The topological polar surface area (TPSA) is 59.4 Å². The molecule has 1 rings (SSSR count). The maximum Gasteiger partial charge on any atom is 0.573 e. The number of ether oxygens (including phenoxy) is 1. The Morgan fingerprint density at radius 3 is 2.25 bits per heavy atom. The van der Waals surface area contributed by atoms with Gasteiger partial charge in [-0.15, -0.1) is 13.2 Å². The van der Waals surface area contributed by atoms with Crippen molar-refractivity contribution in [2.75, 3.05) is 0 Å². The summed E-state index contributed by atoms with van der Waals surface area (Å²) in [6.45, 7) is 0. The standard InChI is InChI=1S/C9H4F6INO3/c10-8(11,12)6-4(20-9(13,14)15)1-3(2-5(18)19)7(16)17-6/h1H,2H2,(H,18,19). The number of aliphatic carboxylic acids is 1. The highest BCUT2D eigenvalue weighted by molar-refractivity contribution is 14.1. The van der Waals surface area contributed by atoms with Gasteiger partial charge in [0.05, 0.1) is 6.42 Å². The Morgan fingerprint density at radius 1 is 1.30 bits per heavy atom. The smallest absolute Gasteiger partial charge is 0.481 e. The van der Waals surface area contributed by atoms with Gasteiger partial charge in [0.15, 0.2) is 11.4 Å². The Morgan fingerprint density at radius 2 is 1.85 bits per heavy atom. The summed E-state index contributed by atoms with van der Waals surface area (Å²) in [6.07, 6.45) is -11.3. The van der Waals surface area contributed by atoms with Gasteiger partial charge in [-0.25, -0.2) is 4.98 Å². The highest BCUT2D eigenvalue weighted by Crippen LogP contribution is 2.38. The third-order valence-electron chi connectivity index (χ3n) is 1.85. The quantitative estimate of drug-likeness (QED) is 0.468. The second-order valence-corrected chi connectivity index (χ2v) is 4.42. The summed E-state index contributed by atoms with van der Waals surface area (Å²) in [7, 11) is 0. The lowest BCUT2D eigenvalue weighted by atomic mass is 10.2. The van der Waals surface area contributed by atoms with Crippen LogP contribution in [-0.2, 0) is 17.4 Å². The van der Waals surface area contributed by atoms with Gasteiger partial charge in [-0.3, -0.25) is 4.79 Å². The maximum absolute atomic E-state index is 12.6. The van der Waals surface area contributed by atoms with Crippen LogP contribution in [0.5, 0.6) is 5.75 Å². The molecule has 0 saturated carbocycles. The van der Waals surface area contributed by atoms with Gasteiger partial charge in [0.25, 0.3) is 0 Å². The average Bonchev–Trinajstić information content (AvgIpc) is 2.17. The molecule has 1 aromatic heterocycles. The first kappa shape index (κ1) is 16.8. The van der Waals surface area contributed by atoms with Crippen molar-refractivity contribution in [1.29, 1.82) is 0 Å². The van der Waals surface area contributed by atoms with Crippen LogP contribution in [0.4, 0.5) is 26.3 Å². The molecule has 1 heterocycles. The molecular formula is C9H4F6INO3. The van der Waals surface area contributed by atoms with Crippen LogP contribution in [0, 0.1) is 3.70 Å². The monoisotopic (exact) mass is 415 g/mol. The number of rotatable bonds is 3. The number of hydrogen-bond acceptors (Lipinski definition) is 3. The van der Waals surface area contributed by atoms with Crippen molar-refractivity contribution in [3.8, 4) is 5.75 Å². The van der Waals surface area contributed by atoms with Crippen LogP contribution < -0.4 is 4.74 Å². The van der Waals surface area contributed by atoms with E-state index in [2.05, 4.69) is 9.72 Å².